The maximum Gasteiger partial charge on any atom is 0.0443 e. The van der Waals surface area contributed by atoms with E-state index in [9.17, 15) is 0 Å². The van der Waals surface area contributed by atoms with Crippen LogP contribution in [0.1, 0.15) is 56.0 Å². The van der Waals surface area contributed by atoms with E-state index in [1.54, 1.807) is 0 Å². The Labute approximate surface area is 132 Å². The highest BCUT2D eigenvalue weighted by molar-refractivity contribution is 7.15. The van der Waals surface area contributed by atoms with Crippen LogP contribution in [-0.2, 0) is 0 Å². The summed E-state index contributed by atoms with van der Waals surface area (Å²) in [5, 5.41) is 3.66. The molecule has 2 aromatic rings. The molecule has 1 unspecified atom stereocenters. The second-order valence-electron chi connectivity index (χ2n) is 6.35. The molecule has 0 aliphatic heterocycles. The normalized spacial score (nSPS) is 16.4. The fraction of sp³-hybridized carbons (Fsp3) is 0.474. The summed E-state index contributed by atoms with van der Waals surface area (Å²) in [6.07, 6.45) is 2.77. The van der Waals surface area contributed by atoms with Gasteiger partial charge in [-0.2, -0.15) is 0 Å². The molecule has 0 radical (unpaired) electrons. The van der Waals surface area contributed by atoms with Gasteiger partial charge in [-0.25, -0.2) is 0 Å². The van der Waals surface area contributed by atoms with Gasteiger partial charge in [-0.05, 0) is 54.5 Å². The maximum atomic E-state index is 3.66. The maximum absolute atomic E-state index is 3.66. The van der Waals surface area contributed by atoms with Crippen molar-refractivity contribution in [3.63, 3.8) is 0 Å². The van der Waals surface area contributed by atoms with Crippen molar-refractivity contribution in [3.05, 3.63) is 46.8 Å². The molecule has 0 bridgehead atoms. The Bertz CT molecular complexity index is 578. The van der Waals surface area contributed by atoms with Gasteiger partial charge in [0.05, 0.1) is 0 Å². The van der Waals surface area contributed by atoms with E-state index in [1.807, 2.05) is 11.3 Å². The highest BCUT2D eigenvalue weighted by Crippen LogP contribution is 2.44. The van der Waals surface area contributed by atoms with Gasteiger partial charge in [-0.1, -0.05) is 45.0 Å². The van der Waals surface area contributed by atoms with Gasteiger partial charge in [0.25, 0.3) is 0 Å². The third-order valence-electron chi connectivity index (χ3n) is 4.31. The summed E-state index contributed by atoms with van der Waals surface area (Å²) in [4.78, 5) is 2.89. The molecule has 112 valence electrons. The van der Waals surface area contributed by atoms with Crippen molar-refractivity contribution in [2.24, 2.45) is 5.92 Å². The van der Waals surface area contributed by atoms with Gasteiger partial charge in [0.1, 0.15) is 0 Å². The number of nitrogens with one attached hydrogen (secondary N) is 1. The summed E-state index contributed by atoms with van der Waals surface area (Å²) >= 11 is 1.95. The number of hydrogen-bond acceptors (Lipinski definition) is 2. The number of thiophene rings is 1. The average molecular weight is 299 g/mol. The first-order chi connectivity index (χ1) is 10.2. The summed E-state index contributed by atoms with van der Waals surface area (Å²) < 4.78 is 0. The van der Waals surface area contributed by atoms with Crippen LogP contribution in [0.2, 0.25) is 0 Å². The summed E-state index contributed by atoms with van der Waals surface area (Å²) in [5.74, 6) is 1.46. The van der Waals surface area contributed by atoms with E-state index in [2.05, 4.69) is 62.5 Å². The first-order valence-corrected chi connectivity index (χ1v) is 8.94. The van der Waals surface area contributed by atoms with E-state index in [1.165, 1.54) is 33.7 Å². The molecule has 1 aromatic carbocycles. The Kier molecular flexibility index (Phi) is 4.46. The standard InChI is InChI=1S/C19H25NS/c1-4-20-19(16-9-10-16)18-12-11-17(21-18)15-7-5-14(6-8-15)13(2)3/h5-8,11-13,16,19-20H,4,9-10H2,1-3H3. The zero-order valence-corrected chi connectivity index (χ0v) is 14.0. The SMILES string of the molecule is CCNC(c1ccc(-c2ccc(C(C)C)cc2)s1)C1CC1. The highest BCUT2D eigenvalue weighted by atomic mass is 32.1. The van der Waals surface area contributed by atoms with Crippen LogP contribution in [0.3, 0.4) is 0 Å². The lowest BCUT2D eigenvalue weighted by molar-refractivity contribution is 0.504. The van der Waals surface area contributed by atoms with E-state index >= 15 is 0 Å². The van der Waals surface area contributed by atoms with Crippen LogP contribution >= 0.6 is 11.3 Å². The van der Waals surface area contributed by atoms with Crippen molar-refractivity contribution in [1.82, 2.24) is 5.32 Å². The van der Waals surface area contributed by atoms with Crippen LogP contribution in [0.15, 0.2) is 36.4 Å². The van der Waals surface area contributed by atoms with Gasteiger partial charge in [0.2, 0.25) is 0 Å². The summed E-state index contributed by atoms with van der Waals surface area (Å²) in [6.45, 7) is 7.75. The second-order valence-corrected chi connectivity index (χ2v) is 7.47. The van der Waals surface area contributed by atoms with Crippen LogP contribution in [0.5, 0.6) is 0 Å². The van der Waals surface area contributed by atoms with Crippen molar-refractivity contribution < 1.29 is 0 Å². The van der Waals surface area contributed by atoms with Crippen LogP contribution < -0.4 is 5.32 Å². The predicted molar refractivity (Wildman–Crippen MR) is 93.0 cm³/mol. The summed E-state index contributed by atoms with van der Waals surface area (Å²) in [5.41, 5.74) is 2.76. The molecule has 3 rings (SSSR count). The van der Waals surface area contributed by atoms with E-state index < -0.39 is 0 Å². The first-order valence-electron chi connectivity index (χ1n) is 8.12. The smallest absolute Gasteiger partial charge is 0.0443 e. The molecule has 1 aliphatic rings. The molecule has 0 spiro atoms. The molecule has 1 nitrogen and oxygen atoms in total. The number of benzene rings is 1. The summed E-state index contributed by atoms with van der Waals surface area (Å²) in [7, 11) is 0. The van der Waals surface area contributed by atoms with E-state index in [-0.39, 0.29) is 0 Å². The molecular weight excluding hydrogens is 274 g/mol. The third kappa shape index (κ3) is 3.38. The van der Waals surface area contributed by atoms with E-state index in [0.717, 1.165) is 12.5 Å². The van der Waals surface area contributed by atoms with Crippen LogP contribution in [0, 0.1) is 5.92 Å². The number of rotatable bonds is 6. The van der Waals surface area contributed by atoms with Crippen molar-refractivity contribution in [1.29, 1.82) is 0 Å². The van der Waals surface area contributed by atoms with Crippen molar-refractivity contribution in [3.8, 4) is 10.4 Å². The average Bonchev–Trinajstić information content (AvgIpc) is 3.21. The molecule has 0 amide bonds. The molecule has 1 heterocycles. The lowest BCUT2D eigenvalue weighted by atomic mass is 10.0. The minimum Gasteiger partial charge on any atom is -0.309 e. The number of hydrogen-bond donors (Lipinski definition) is 1. The Hall–Kier alpha value is -1.12. The van der Waals surface area contributed by atoms with Crippen molar-refractivity contribution in [2.45, 2.75) is 45.6 Å². The molecule has 1 aromatic heterocycles. The van der Waals surface area contributed by atoms with Crippen LogP contribution in [-0.4, -0.2) is 6.54 Å². The third-order valence-corrected chi connectivity index (χ3v) is 5.53. The zero-order valence-electron chi connectivity index (χ0n) is 13.2. The molecule has 1 atom stereocenters. The van der Waals surface area contributed by atoms with Gasteiger partial charge in [-0.15, -0.1) is 11.3 Å². The molecule has 1 N–H and O–H groups in total. The molecule has 1 saturated carbocycles. The monoisotopic (exact) mass is 299 g/mol. The molecule has 0 saturated heterocycles. The van der Waals surface area contributed by atoms with Gasteiger partial charge in [-0.3, -0.25) is 0 Å². The fourth-order valence-corrected chi connectivity index (χ4v) is 4.04. The fourth-order valence-electron chi connectivity index (χ4n) is 2.86. The minimum atomic E-state index is 0.573. The van der Waals surface area contributed by atoms with Gasteiger partial charge >= 0.3 is 0 Å². The first kappa shape index (κ1) is 14.8. The zero-order chi connectivity index (χ0) is 14.8. The molecule has 21 heavy (non-hydrogen) atoms. The Morgan fingerprint density at radius 2 is 1.81 bits per heavy atom. The topological polar surface area (TPSA) is 12.0 Å². The van der Waals surface area contributed by atoms with Crippen molar-refractivity contribution >= 4 is 11.3 Å². The van der Waals surface area contributed by atoms with E-state index in [0.29, 0.717) is 12.0 Å². The van der Waals surface area contributed by atoms with Crippen molar-refractivity contribution in [2.75, 3.05) is 6.54 Å². The van der Waals surface area contributed by atoms with Gasteiger partial charge in [0.15, 0.2) is 0 Å². The minimum absolute atomic E-state index is 0.573. The quantitative estimate of drug-likeness (QED) is 0.732. The van der Waals surface area contributed by atoms with Crippen LogP contribution in [0.25, 0.3) is 10.4 Å². The lowest BCUT2D eigenvalue weighted by Crippen LogP contribution is -2.21. The predicted octanol–water partition coefficient (Wildman–Crippen LogP) is 5.60. The second kappa shape index (κ2) is 6.33. The van der Waals surface area contributed by atoms with Gasteiger partial charge in [0, 0.05) is 15.8 Å². The molecular formula is C19H25NS. The Balaban J connectivity index is 1.80. The molecule has 1 fully saturated rings. The van der Waals surface area contributed by atoms with Crippen LogP contribution in [0.4, 0.5) is 0 Å². The highest BCUT2D eigenvalue weighted by Gasteiger charge is 2.32. The van der Waals surface area contributed by atoms with E-state index in [4.69, 9.17) is 0 Å². The summed E-state index contributed by atoms with van der Waals surface area (Å²) in [6, 6.07) is 14.3. The Morgan fingerprint density at radius 1 is 1.10 bits per heavy atom. The lowest BCUT2D eigenvalue weighted by Gasteiger charge is -2.15. The Morgan fingerprint density at radius 3 is 2.38 bits per heavy atom. The van der Waals surface area contributed by atoms with Gasteiger partial charge < -0.3 is 5.32 Å². The largest absolute Gasteiger partial charge is 0.309 e. The molecule has 2 heteroatoms. The molecule has 1 aliphatic carbocycles.